The lowest BCUT2D eigenvalue weighted by Crippen LogP contribution is -2.39. The second-order valence-electron chi connectivity index (χ2n) is 9.19. The van der Waals surface area contributed by atoms with Crippen LogP contribution in [0, 0.1) is 10.8 Å². The molecule has 4 aromatic rings. The summed E-state index contributed by atoms with van der Waals surface area (Å²) in [4.78, 5) is 42.3. The van der Waals surface area contributed by atoms with Gasteiger partial charge in [0.1, 0.15) is 5.75 Å². The first-order chi connectivity index (χ1) is 17.0. The van der Waals surface area contributed by atoms with Gasteiger partial charge in [-0.2, -0.15) is 0 Å². The Labute approximate surface area is 207 Å². The molecular formula is C30H21ClO4. The van der Waals surface area contributed by atoms with Crippen LogP contribution in [0.25, 0.3) is 10.8 Å². The predicted octanol–water partition coefficient (Wildman–Crippen LogP) is 6.66. The monoisotopic (exact) mass is 480 g/mol. The molecule has 5 heteroatoms. The van der Waals surface area contributed by atoms with E-state index in [-0.39, 0.29) is 11.6 Å². The summed E-state index contributed by atoms with van der Waals surface area (Å²) in [5.74, 6) is -1.52. The molecule has 1 heterocycles. The maximum Gasteiger partial charge on any atom is 0.327 e. The van der Waals surface area contributed by atoms with Crippen LogP contribution in [0.4, 0.5) is 0 Å². The van der Waals surface area contributed by atoms with Crippen molar-refractivity contribution >= 4 is 39.9 Å². The summed E-state index contributed by atoms with van der Waals surface area (Å²) in [5.41, 5.74) is -1.37. The standard InChI is InChI=1S/C30H21ClO4/c1-2-29(26(32)20-12-15-21(31)16-13-20)25-24-22-11-7-6-8-18(22)14-17-23(24)35-28(34)30(25,29)27(33)19-9-4-3-5-10-19/h3-17,25H,2H2,1H3. The van der Waals surface area contributed by atoms with Gasteiger partial charge in [-0.1, -0.05) is 79.2 Å². The number of hydrogen-bond donors (Lipinski definition) is 0. The number of rotatable bonds is 5. The largest absolute Gasteiger partial charge is 0.425 e. The molecule has 0 bridgehead atoms. The molecule has 0 radical (unpaired) electrons. The molecule has 4 nitrogen and oxygen atoms in total. The molecule has 6 rings (SSSR count). The Kier molecular flexibility index (Phi) is 4.74. The number of fused-ring (bicyclic) bond motifs is 5. The molecule has 3 unspecified atom stereocenters. The third kappa shape index (κ3) is 2.72. The third-order valence-corrected chi connectivity index (χ3v) is 8.01. The average Bonchev–Trinajstić information content (AvgIpc) is 3.54. The fourth-order valence-electron chi connectivity index (χ4n) is 6.20. The quantitative estimate of drug-likeness (QED) is 0.139. The van der Waals surface area contributed by atoms with Crippen molar-refractivity contribution in [3.63, 3.8) is 0 Å². The topological polar surface area (TPSA) is 60.4 Å². The lowest BCUT2D eigenvalue weighted by atomic mass is 9.79. The predicted molar refractivity (Wildman–Crippen MR) is 134 cm³/mol. The molecular weight excluding hydrogens is 460 g/mol. The van der Waals surface area contributed by atoms with E-state index in [9.17, 15) is 14.4 Å². The van der Waals surface area contributed by atoms with Crippen LogP contribution in [-0.2, 0) is 4.79 Å². The Balaban J connectivity index is 1.65. The van der Waals surface area contributed by atoms with Crippen LogP contribution in [0.15, 0.2) is 91.0 Å². The lowest BCUT2D eigenvalue weighted by molar-refractivity contribution is -0.140. The first-order valence-corrected chi connectivity index (χ1v) is 12.0. The molecule has 0 spiro atoms. The molecule has 35 heavy (non-hydrogen) atoms. The van der Waals surface area contributed by atoms with Gasteiger partial charge in [-0.15, -0.1) is 0 Å². The molecule has 3 atom stereocenters. The SMILES string of the molecule is CCC1(C(=O)c2ccc(Cl)cc2)C2c3c(ccc4ccccc34)OC(=O)C21C(=O)c1ccccc1. The molecule has 0 saturated heterocycles. The summed E-state index contributed by atoms with van der Waals surface area (Å²) < 4.78 is 5.87. The number of halogens is 1. The summed E-state index contributed by atoms with van der Waals surface area (Å²) in [7, 11) is 0. The van der Waals surface area contributed by atoms with Crippen molar-refractivity contribution in [2.24, 2.45) is 10.8 Å². The summed E-state index contributed by atoms with van der Waals surface area (Å²) in [6.45, 7) is 1.87. The smallest absolute Gasteiger partial charge is 0.327 e. The van der Waals surface area contributed by atoms with Crippen molar-refractivity contribution in [1.82, 2.24) is 0 Å². The third-order valence-electron chi connectivity index (χ3n) is 7.75. The van der Waals surface area contributed by atoms with Crippen molar-refractivity contribution in [2.45, 2.75) is 19.3 Å². The first kappa shape index (κ1) is 21.8. The van der Waals surface area contributed by atoms with E-state index in [1.54, 1.807) is 54.6 Å². The van der Waals surface area contributed by atoms with Crippen LogP contribution in [0.3, 0.4) is 0 Å². The number of Topliss-reactive ketones (excluding diaryl/α,β-unsaturated/α-hetero) is 2. The van der Waals surface area contributed by atoms with E-state index in [1.807, 2.05) is 43.3 Å². The Hall–Kier alpha value is -3.76. The first-order valence-electron chi connectivity index (χ1n) is 11.6. The van der Waals surface area contributed by atoms with Crippen LogP contribution in [0.2, 0.25) is 5.02 Å². The Morgan fingerprint density at radius 2 is 1.49 bits per heavy atom. The van der Waals surface area contributed by atoms with Crippen molar-refractivity contribution in [3.05, 3.63) is 113 Å². The minimum absolute atomic E-state index is 0.247. The number of esters is 1. The van der Waals surface area contributed by atoms with Gasteiger partial charge < -0.3 is 4.74 Å². The van der Waals surface area contributed by atoms with Gasteiger partial charge in [-0.25, -0.2) is 0 Å². The average molecular weight is 481 g/mol. The highest BCUT2D eigenvalue weighted by molar-refractivity contribution is 6.31. The molecule has 2 aliphatic rings. The van der Waals surface area contributed by atoms with Crippen molar-refractivity contribution in [2.75, 3.05) is 0 Å². The van der Waals surface area contributed by atoms with Gasteiger partial charge in [-0.05, 0) is 47.5 Å². The van der Waals surface area contributed by atoms with Crippen molar-refractivity contribution in [3.8, 4) is 5.75 Å². The second-order valence-corrected chi connectivity index (χ2v) is 9.62. The zero-order valence-corrected chi connectivity index (χ0v) is 19.7. The highest BCUT2D eigenvalue weighted by atomic mass is 35.5. The van der Waals surface area contributed by atoms with Crippen LogP contribution in [-0.4, -0.2) is 17.5 Å². The Morgan fingerprint density at radius 1 is 0.829 bits per heavy atom. The normalized spacial score (nSPS) is 24.3. The Bertz CT molecular complexity index is 1530. The highest BCUT2D eigenvalue weighted by Crippen LogP contribution is 2.81. The van der Waals surface area contributed by atoms with E-state index >= 15 is 0 Å². The summed E-state index contributed by atoms with van der Waals surface area (Å²) in [5, 5.41) is 2.35. The molecule has 4 aromatic carbocycles. The van der Waals surface area contributed by atoms with Crippen molar-refractivity contribution < 1.29 is 19.1 Å². The van der Waals surface area contributed by atoms with E-state index in [1.165, 1.54) is 0 Å². The van der Waals surface area contributed by atoms with Gasteiger partial charge in [-0.3, -0.25) is 14.4 Å². The summed E-state index contributed by atoms with van der Waals surface area (Å²) in [6.07, 6.45) is 0.301. The maximum atomic E-state index is 14.3. The molecule has 0 amide bonds. The fraction of sp³-hybridized carbons (Fsp3) is 0.167. The number of carbonyl (C=O) groups is 3. The highest BCUT2D eigenvalue weighted by Gasteiger charge is 2.89. The van der Waals surface area contributed by atoms with E-state index in [2.05, 4.69) is 0 Å². The molecule has 0 N–H and O–H groups in total. The minimum atomic E-state index is -1.64. The summed E-state index contributed by atoms with van der Waals surface area (Å²) >= 11 is 6.08. The van der Waals surface area contributed by atoms with Crippen LogP contribution in [0.5, 0.6) is 5.75 Å². The van der Waals surface area contributed by atoms with E-state index in [0.717, 1.165) is 16.3 Å². The number of hydrogen-bond acceptors (Lipinski definition) is 4. The molecule has 1 fully saturated rings. The van der Waals surface area contributed by atoms with Gasteiger partial charge in [0, 0.05) is 27.6 Å². The molecule has 172 valence electrons. The number of benzene rings is 4. The second kappa shape index (κ2) is 7.62. The number of carbonyl (C=O) groups excluding carboxylic acids is 3. The maximum absolute atomic E-state index is 14.3. The van der Waals surface area contributed by atoms with Gasteiger partial charge >= 0.3 is 5.97 Å². The van der Waals surface area contributed by atoms with Crippen LogP contribution < -0.4 is 4.74 Å². The minimum Gasteiger partial charge on any atom is -0.425 e. The fourth-order valence-corrected chi connectivity index (χ4v) is 6.32. The van der Waals surface area contributed by atoms with Crippen LogP contribution in [0.1, 0.15) is 45.5 Å². The van der Waals surface area contributed by atoms with E-state index < -0.39 is 22.7 Å². The Morgan fingerprint density at radius 3 is 2.20 bits per heavy atom. The zero-order chi connectivity index (χ0) is 24.4. The van der Waals surface area contributed by atoms with Gasteiger partial charge in [0.2, 0.25) is 0 Å². The van der Waals surface area contributed by atoms with Crippen molar-refractivity contribution in [1.29, 1.82) is 0 Å². The van der Waals surface area contributed by atoms with Crippen LogP contribution >= 0.6 is 11.6 Å². The van der Waals surface area contributed by atoms with Gasteiger partial charge in [0.15, 0.2) is 17.0 Å². The van der Waals surface area contributed by atoms with E-state index in [4.69, 9.17) is 16.3 Å². The molecule has 0 aromatic heterocycles. The van der Waals surface area contributed by atoms with Gasteiger partial charge in [0.25, 0.3) is 0 Å². The molecule has 1 aliphatic heterocycles. The zero-order valence-electron chi connectivity index (χ0n) is 19.0. The molecule has 1 saturated carbocycles. The lowest BCUT2D eigenvalue weighted by Gasteiger charge is -2.24. The van der Waals surface area contributed by atoms with Gasteiger partial charge in [0.05, 0.1) is 5.41 Å². The van der Waals surface area contributed by atoms with E-state index in [0.29, 0.717) is 28.3 Å². The molecule has 1 aliphatic carbocycles. The number of ether oxygens (including phenoxy) is 1. The summed E-state index contributed by atoms with van der Waals surface area (Å²) in [6, 6.07) is 26.7. The number of ketones is 2.